The second kappa shape index (κ2) is 6.36. The van der Waals surface area contributed by atoms with E-state index >= 15 is 0 Å². The Bertz CT molecular complexity index is 684. The standard InChI is InChI=1S/C16H15BrN2O3/c17-13-5-1-2-6-14(13)19-8-7-12(16(19)21)15(20)18-10-11-4-3-9-22-11/h1-6,9,12H,7-8,10H2,(H,18,20). The van der Waals surface area contributed by atoms with Gasteiger partial charge in [0.1, 0.15) is 11.7 Å². The van der Waals surface area contributed by atoms with Crippen molar-refractivity contribution in [3.05, 3.63) is 52.9 Å². The molecule has 1 aliphatic heterocycles. The highest BCUT2D eigenvalue weighted by molar-refractivity contribution is 9.10. The molecule has 2 heterocycles. The first-order valence-electron chi connectivity index (χ1n) is 7.03. The number of nitrogens with one attached hydrogen (secondary N) is 1. The number of nitrogens with zero attached hydrogens (tertiary/aromatic N) is 1. The summed E-state index contributed by atoms with van der Waals surface area (Å²) in [4.78, 5) is 26.3. The molecule has 1 aromatic heterocycles. The fourth-order valence-corrected chi connectivity index (χ4v) is 3.04. The Balaban J connectivity index is 1.66. The van der Waals surface area contributed by atoms with Gasteiger partial charge >= 0.3 is 0 Å². The third kappa shape index (κ3) is 2.92. The summed E-state index contributed by atoms with van der Waals surface area (Å²) in [5, 5.41) is 2.75. The molecule has 3 rings (SSSR count). The van der Waals surface area contributed by atoms with Crippen molar-refractivity contribution in [1.82, 2.24) is 5.32 Å². The first kappa shape index (κ1) is 14.8. The summed E-state index contributed by atoms with van der Waals surface area (Å²) < 4.78 is 6.01. The second-order valence-electron chi connectivity index (χ2n) is 5.08. The number of halogens is 1. The van der Waals surface area contributed by atoms with Crippen molar-refractivity contribution < 1.29 is 14.0 Å². The van der Waals surface area contributed by atoms with Crippen LogP contribution in [0.2, 0.25) is 0 Å². The lowest BCUT2D eigenvalue weighted by atomic mass is 10.1. The predicted octanol–water partition coefficient (Wildman–Crippen LogP) is 2.71. The first-order valence-corrected chi connectivity index (χ1v) is 7.82. The fraction of sp³-hybridized carbons (Fsp3) is 0.250. The van der Waals surface area contributed by atoms with Gasteiger partial charge in [-0.25, -0.2) is 0 Å². The first-order chi connectivity index (χ1) is 10.7. The third-order valence-corrected chi connectivity index (χ3v) is 4.35. The summed E-state index contributed by atoms with van der Waals surface area (Å²) in [5.74, 6) is -0.386. The average molecular weight is 363 g/mol. The Kier molecular flexibility index (Phi) is 4.29. The van der Waals surface area contributed by atoms with Crippen LogP contribution in [0.3, 0.4) is 0 Å². The summed E-state index contributed by atoms with van der Waals surface area (Å²) in [6, 6.07) is 11.1. The number of amides is 2. The molecule has 1 atom stereocenters. The van der Waals surface area contributed by atoms with Crippen LogP contribution in [0.5, 0.6) is 0 Å². The molecule has 1 unspecified atom stereocenters. The third-order valence-electron chi connectivity index (χ3n) is 3.68. The van der Waals surface area contributed by atoms with Gasteiger partial charge in [-0.05, 0) is 46.6 Å². The van der Waals surface area contributed by atoms with E-state index in [1.165, 1.54) is 0 Å². The molecule has 1 aliphatic rings. The van der Waals surface area contributed by atoms with Crippen LogP contribution in [0, 0.1) is 5.92 Å². The molecule has 2 aromatic rings. The molecular formula is C16H15BrN2O3. The summed E-state index contributed by atoms with van der Waals surface area (Å²) >= 11 is 3.44. The quantitative estimate of drug-likeness (QED) is 0.850. The number of carbonyl (C=O) groups is 2. The van der Waals surface area contributed by atoms with E-state index < -0.39 is 5.92 Å². The highest BCUT2D eigenvalue weighted by atomic mass is 79.9. The van der Waals surface area contributed by atoms with E-state index in [1.54, 1.807) is 23.3 Å². The van der Waals surface area contributed by atoms with Gasteiger partial charge in [-0.2, -0.15) is 0 Å². The van der Waals surface area contributed by atoms with Gasteiger partial charge in [-0.3, -0.25) is 9.59 Å². The minimum atomic E-state index is -0.637. The van der Waals surface area contributed by atoms with Gasteiger partial charge in [0, 0.05) is 11.0 Å². The SMILES string of the molecule is O=C(NCc1ccco1)C1CCN(c2ccccc2Br)C1=O. The van der Waals surface area contributed by atoms with E-state index in [0.717, 1.165) is 10.2 Å². The zero-order valence-corrected chi connectivity index (χ0v) is 13.4. The number of hydrogen-bond donors (Lipinski definition) is 1. The van der Waals surface area contributed by atoms with Crippen LogP contribution in [0.25, 0.3) is 0 Å². The molecule has 0 spiro atoms. The zero-order chi connectivity index (χ0) is 15.5. The summed E-state index contributed by atoms with van der Waals surface area (Å²) in [6.07, 6.45) is 2.07. The van der Waals surface area contributed by atoms with E-state index in [0.29, 0.717) is 25.3 Å². The number of benzene rings is 1. The number of rotatable bonds is 4. The Labute approximate surface area is 136 Å². The number of carbonyl (C=O) groups excluding carboxylic acids is 2. The Hall–Kier alpha value is -2.08. The van der Waals surface area contributed by atoms with Crippen LogP contribution >= 0.6 is 15.9 Å². The molecule has 0 aliphatic carbocycles. The maximum Gasteiger partial charge on any atom is 0.239 e. The molecule has 5 nitrogen and oxygen atoms in total. The number of hydrogen-bond acceptors (Lipinski definition) is 3. The molecule has 0 radical (unpaired) electrons. The van der Waals surface area contributed by atoms with Gasteiger partial charge < -0.3 is 14.6 Å². The predicted molar refractivity (Wildman–Crippen MR) is 85.2 cm³/mol. The van der Waals surface area contributed by atoms with E-state index in [2.05, 4.69) is 21.2 Å². The Morgan fingerprint density at radius 1 is 1.32 bits per heavy atom. The van der Waals surface area contributed by atoms with E-state index in [9.17, 15) is 9.59 Å². The maximum absolute atomic E-state index is 12.5. The lowest BCUT2D eigenvalue weighted by Crippen LogP contribution is -2.36. The maximum atomic E-state index is 12.5. The van der Waals surface area contributed by atoms with Crippen molar-refractivity contribution in [1.29, 1.82) is 0 Å². The molecule has 1 saturated heterocycles. The fourth-order valence-electron chi connectivity index (χ4n) is 2.54. The molecule has 1 fully saturated rings. The van der Waals surface area contributed by atoms with Crippen molar-refractivity contribution in [2.75, 3.05) is 11.4 Å². The van der Waals surface area contributed by atoms with E-state index in [-0.39, 0.29) is 11.8 Å². The van der Waals surface area contributed by atoms with Gasteiger partial charge in [-0.15, -0.1) is 0 Å². The number of para-hydroxylation sites is 1. The molecule has 114 valence electrons. The van der Waals surface area contributed by atoms with Crippen LogP contribution in [0.1, 0.15) is 12.2 Å². The van der Waals surface area contributed by atoms with Crippen LogP contribution in [0.15, 0.2) is 51.6 Å². The molecule has 0 bridgehead atoms. The topological polar surface area (TPSA) is 62.6 Å². The Morgan fingerprint density at radius 2 is 2.14 bits per heavy atom. The van der Waals surface area contributed by atoms with Gasteiger partial charge in [-0.1, -0.05) is 12.1 Å². The van der Waals surface area contributed by atoms with Gasteiger partial charge in [0.2, 0.25) is 11.8 Å². The van der Waals surface area contributed by atoms with Crippen molar-refractivity contribution in [2.45, 2.75) is 13.0 Å². The lowest BCUT2D eigenvalue weighted by molar-refractivity contribution is -0.132. The van der Waals surface area contributed by atoms with Crippen molar-refractivity contribution >= 4 is 33.4 Å². The highest BCUT2D eigenvalue weighted by Gasteiger charge is 2.38. The molecule has 0 saturated carbocycles. The molecular weight excluding hydrogens is 348 g/mol. The van der Waals surface area contributed by atoms with Crippen LogP contribution in [-0.4, -0.2) is 18.4 Å². The number of furan rings is 1. The summed E-state index contributed by atoms with van der Waals surface area (Å²) in [5.41, 5.74) is 0.800. The monoisotopic (exact) mass is 362 g/mol. The minimum Gasteiger partial charge on any atom is -0.467 e. The molecule has 1 N–H and O–H groups in total. The molecule has 6 heteroatoms. The van der Waals surface area contributed by atoms with Gasteiger partial charge in [0.25, 0.3) is 0 Å². The van der Waals surface area contributed by atoms with Gasteiger partial charge in [0.05, 0.1) is 18.5 Å². The highest BCUT2D eigenvalue weighted by Crippen LogP contribution is 2.31. The smallest absolute Gasteiger partial charge is 0.239 e. The molecule has 22 heavy (non-hydrogen) atoms. The van der Waals surface area contributed by atoms with Crippen LogP contribution in [-0.2, 0) is 16.1 Å². The van der Waals surface area contributed by atoms with E-state index in [1.807, 2.05) is 24.3 Å². The average Bonchev–Trinajstić information content (AvgIpc) is 3.15. The van der Waals surface area contributed by atoms with Crippen LogP contribution < -0.4 is 10.2 Å². The van der Waals surface area contributed by atoms with Crippen molar-refractivity contribution in [3.63, 3.8) is 0 Å². The van der Waals surface area contributed by atoms with E-state index in [4.69, 9.17) is 4.42 Å². The zero-order valence-electron chi connectivity index (χ0n) is 11.8. The lowest BCUT2D eigenvalue weighted by Gasteiger charge is -2.18. The van der Waals surface area contributed by atoms with Crippen molar-refractivity contribution in [2.24, 2.45) is 5.92 Å². The van der Waals surface area contributed by atoms with Crippen molar-refractivity contribution in [3.8, 4) is 0 Å². The van der Waals surface area contributed by atoms with Gasteiger partial charge in [0.15, 0.2) is 0 Å². The molecule has 2 amide bonds. The number of anilines is 1. The summed E-state index contributed by atoms with van der Waals surface area (Å²) in [7, 11) is 0. The second-order valence-corrected chi connectivity index (χ2v) is 5.93. The Morgan fingerprint density at radius 3 is 2.86 bits per heavy atom. The largest absolute Gasteiger partial charge is 0.467 e. The normalized spacial score (nSPS) is 17.8. The molecule has 1 aromatic carbocycles. The van der Waals surface area contributed by atoms with Crippen LogP contribution in [0.4, 0.5) is 5.69 Å². The minimum absolute atomic E-state index is 0.163. The summed E-state index contributed by atoms with van der Waals surface area (Å²) in [6.45, 7) is 0.838.